The van der Waals surface area contributed by atoms with Crippen LogP contribution in [0.4, 0.5) is 0 Å². The number of carbonyl (C=O) groups is 3. The molecule has 0 amide bonds. The lowest BCUT2D eigenvalue weighted by molar-refractivity contribution is -0.167. The summed E-state index contributed by atoms with van der Waals surface area (Å²) in [5, 5.41) is 0. The summed E-state index contributed by atoms with van der Waals surface area (Å²) in [4.78, 5) is 37.0. The van der Waals surface area contributed by atoms with Gasteiger partial charge in [-0.05, 0) is 38.5 Å². The van der Waals surface area contributed by atoms with E-state index in [1.54, 1.807) is 0 Å². The van der Waals surface area contributed by atoms with Crippen LogP contribution in [0.1, 0.15) is 188 Å². The average Bonchev–Trinajstić information content (AvgIpc) is 3.00. The molecule has 0 aromatic carbocycles. The van der Waals surface area contributed by atoms with Crippen molar-refractivity contribution in [3.63, 3.8) is 0 Å². The second kappa shape index (κ2) is 33.1. The molecule has 0 aliphatic heterocycles. The fourth-order valence-corrected chi connectivity index (χ4v) is 4.95. The molecule has 0 saturated carbocycles. The highest BCUT2D eigenvalue weighted by atomic mass is 16.6. The summed E-state index contributed by atoms with van der Waals surface area (Å²) >= 11 is 0. The summed E-state index contributed by atoms with van der Waals surface area (Å²) in [7, 11) is 0. The molecule has 0 aromatic rings. The van der Waals surface area contributed by atoms with E-state index in [9.17, 15) is 14.4 Å². The quantitative estimate of drug-likeness (QED) is 0.0327. The molecule has 0 saturated heterocycles. The number of hydrogen-bond acceptors (Lipinski definition) is 6. The number of allylic oxidation sites excluding steroid dienone is 2. The van der Waals surface area contributed by atoms with Crippen LogP contribution in [0.5, 0.6) is 0 Å². The van der Waals surface area contributed by atoms with E-state index in [1.807, 2.05) is 0 Å². The molecule has 0 fully saturated rings. The lowest BCUT2D eigenvalue weighted by atomic mass is 10.1. The van der Waals surface area contributed by atoms with E-state index in [-0.39, 0.29) is 31.1 Å². The van der Waals surface area contributed by atoms with Crippen molar-refractivity contribution in [1.82, 2.24) is 0 Å². The molecule has 6 heteroatoms. The van der Waals surface area contributed by atoms with Gasteiger partial charge in [0.2, 0.25) is 0 Å². The van der Waals surface area contributed by atoms with E-state index in [2.05, 4.69) is 32.9 Å². The van der Waals surface area contributed by atoms with E-state index in [4.69, 9.17) is 14.2 Å². The second-order valence-corrected chi connectivity index (χ2v) is 12.1. The first-order valence-electron chi connectivity index (χ1n) is 18.2. The van der Waals surface area contributed by atoms with Gasteiger partial charge in [0.25, 0.3) is 0 Å². The average molecular weight is 609 g/mol. The number of unbranched alkanes of at least 4 members (excludes halogenated alkanes) is 19. The molecule has 0 radical (unpaired) electrons. The third kappa shape index (κ3) is 31.4. The lowest BCUT2D eigenvalue weighted by Gasteiger charge is -2.18. The summed E-state index contributed by atoms with van der Waals surface area (Å²) in [5.74, 6) is -0.903. The van der Waals surface area contributed by atoms with E-state index >= 15 is 0 Å². The molecule has 6 nitrogen and oxygen atoms in total. The van der Waals surface area contributed by atoms with Crippen molar-refractivity contribution in [2.45, 2.75) is 194 Å². The number of rotatable bonds is 32. The largest absolute Gasteiger partial charge is 0.462 e. The highest BCUT2D eigenvalue weighted by Gasteiger charge is 2.19. The predicted molar refractivity (Wildman–Crippen MR) is 178 cm³/mol. The number of ether oxygens (including phenoxy) is 3. The Bertz CT molecular complexity index is 674. The van der Waals surface area contributed by atoms with Gasteiger partial charge >= 0.3 is 17.9 Å². The minimum atomic E-state index is -0.760. The topological polar surface area (TPSA) is 78.9 Å². The fraction of sp³-hybridized carbons (Fsp3) is 0.865. The highest BCUT2D eigenvalue weighted by molar-refractivity contribution is 5.71. The zero-order chi connectivity index (χ0) is 31.6. The van der Waals surface area contributed by atoms with Gasteiger partial charge in [-0.15, -0.1) is 0 Å². The van der Waals surface area contributed by atoms with Gasteiger partial charge in [-0.25, -0.2) is 0 Å². The standard InChI is InChI=1S/C37H68O6/c1-4-7-10-13-15-17-18-20-21-24-27-30-36(39)42-33-34(32-41-35(38)29-26-23-12-9-6-3)43-37(40)31-28-25-22-19-16-14-11-8-5-2/h13,15,34H,4-12,14,16-33H2,1-3H3/b15-13-. The maximum atomic E-state index is 12.5. The van der Waals surface area contributed by atoms with Gasteiger partial charge in [-0.2, -0.15) is 0 Å². The van der Waals surface area contributed by atoms with Crippen LogP contribution in [-0.4, -0.2) is 37.2 Å². The van der Waals surface area contributed by atoms with Crippen molar-refractivity contribution in [3.8, 4) is 0 Å². The van der Waals surface area contributed by atoms with E-state index < -0.39 is 6.10 Å². The molecule has 0 aliphatic carbocycles. The molecule has 0 aliphatic rings. The summed E-state index contributed by atoms with van der Waals surface area (Å²) < 4.78 is 16.4. The Morgan fingerprint density at radius 3 is 1.23 bits per heavy atom. The maximum absolute atomic E-state index is 12.5. The van der Waals surface area contributed by atoms with Gasteiger partial charge < -0.3 is 14.2 Å². The predicted octanol–water partition coefficient (Wildman–Crippen LogP) is 10.7. The maximum Gasteiger partial charge on any atom is 0.306 e. The van der Waals surface area contributed by atoms with Crippen LogP contribution in [0.2, 0.25) is 0 Å². The molecule has 0 aromatic heterocycles. The van der Waals surface area contributed by atoms with Crippen LogP contribution >= 0.6 is 0 Å². The summed E-state index contributed by atoms with van der Waals surface area (Å²) in [6.07, 6.45) is 30.8. The van der Waals surface area contributed by atoms with Crippen LogP contribution in [0.3, 0.4) is 0 Å². The van der Waals surface area contributed by atoms with Gasteiger partial charge in [-0.3, -0.25) is 14.4 Å². The van der Waals surface area contributed by atoms with Crippen LogP contribution in [0.25, 0.3) is 0 Å². The first kappa shape index (κ1) is 41.1. The monoisotopic (exact) mass is 609 g/mol. The van der Waals surface area contributed by atoms with Gasteiger partial charge in [0, 0.05) is 19.3 Å². The Kier molecular flexibility index (Phi) is 31.6. The van der Waals surface area contributed by atoms with Gasteiger partial charge in [0.1, 0.15) is 13.2 Å². The van der Waals surface area contributed by atoms with Crippen molar-refractivity contribution < 1.29 is 28.6 Å². The van der Waals surface area contributed by atoms with Crippen molar-refractivity contribution in [2.24, 2.45) is 0 Å². The molecule has 0 bridgehead atoms. The smallest absolute Gasteiger partial charge is 0.306 e. The van der Waals surface area contributed by atoms with E-state index in [0.717, 1.165) is 70.6 Å². The van der Waals surface area contributed by atoms with Gasteiger partial charge in [0.05, 0.1) is 0 Å². The zero-order valence-corrected chi connectivity index (χ0v) is 28.5. The highest BCUT2D eigenvalue weighted by Crippen LogP contribution is 2.13. The molecule has 1 unspecified atom stereocenters. The molecule has 0 N–H and O–H groups in total. The summed E-state index contributed by atoms with van der Waals surface area (Å²) in [6.45, 7) is 6.46. The van der Waals surface area contributed by atoms with E-state index in [1.165, 1.54) is 77.0 Å². The van der Waals surface area contributed by atoms with Crippen molar-refractivity contribution in [2.75, 3.05) is 13.2 Å². The van der Waals surface area contributed by atoms with Crippen LogP contribution in [0, 0.1) is 0 Å². The Labute approximate surface area is 265 Å². The molecule has 1 atom stereocenters. The SMILES string of the molecule is CCCC/C=C\CCCCCCCC(=O)OCC(COC(=O)CCCCCCC)OC(=O)CCCCCCCCCCC. The van der Waals surface area contributed by atoms with Crippen LogP contribution < -0.4 is 0 Å². The third-order valence-electron chi connectivity index (χ3n) is 7.77. The van der Waals surface area contributed by atoms with E-state index in [0.29, 0.717) is 19.3 Å². The first-order valence-corrected chi connectivity index (χ1v) is 18.2. The van der Waals surface area contributed by atoms with Crippen molar-refractivity contribution in [3.05, 3.63) is 12.2 Å². The Balaban J connectivity index is 4.31. The zero-order valence-electron chi connectivity index (χ0n) is 28.5. The third-order valence-corrected chi connectivity index (χ3v) is 7.77. The first-order chi connectivity index (χ1) is 21.0. The van der Waals surface area contributed by atoms with Gasteiger partial charge in [0.15, 0.2) is 6.10 Å². The molecule has 43 heavy (non-hydrogen) atoms. The minimum Gasteiger partial charge on any atom is -0.462 e. The molecular weight excluding hydrogens is 540 g/mol. The molecule has 0 spiro atoms. The molecular formula is C37H68O6. The summed E-state index contributed by atoms with van der Waals surface area (Å²) in [6, 6.07) is 0. The minimum absolute atomic E-state index is 0.0720. The fourth-order valence-electron chi connectivity index (χ4n) is 4.95. The Morgan fingerprint density at radius 1 is 0.442 bits per heavy atom. The van der Waals surface area contributed by atoms with Gasteiger partial charge in [-0.1, -0.05) is 142 Å². The van der Waals surface area contributed by atoms with Crippen molar-refractivity contribution in [1.29, 1.82) is 0 Å². The van der Waals surface area contributed by atoms with Crippen LogP contribution in [0.15, 0.2) is 12.2 Å². The Hall–Kier alpha value is -1.85. The van der Waals surface area contributed by atoms with Crippen LogP contribution in [-0.2, 0) is 28.6 Å². The summed E-state index contributed by atoms with van der Waals surface area (Å²) in [5.41, 5.74) is 0. The molecule has 252 valence electrons. The number of hydrogen-bond donors (Lipinski definition) is 0. The van der Waals surface area contributed by atoms with Crippen molar-refractivity contribution >= 4 is 17.9 Å². The molecule has 0 heterocycles. The normalized spacial score (nSPS) is 12.0. The Morgan fingerprint density at radius 2 is 0.791 bits per heavy atom. The molecule has 0 rings (SSSR count). The lowest BCUT2D eigenvalue weighted by Crippen LogP contribution is -2.30. The number of carbonyl (C=O) groups excluding carboxylic acids is 3. The number of esters is 3. The second-order valence-electron chi connectivity index (χ2n) is 12.1.